The fourth-order valence-electron chi connectivity index (χ4n) is 4.15. The fraction of sp³-hybridized carbons (Fsp3) is 0.231. The van der Waals surface area contributed by atoms with Crippen LogP contribution in [0, 0.1) is 0 Å². The van der Waals surface area contributed by atoms with Crippen LogP contribution in [0.4, 0.5) is 5.69 Å². The van der Waals surface area contributed by atoms with Crippen LogP contribution in [0.1, 0.15) is 28.4 Å². The number of carbonyl (C=O) groups is 2. The number of nitrogens with one attached hydrogen (secondary N) is 1. The van der Waals surface area contributed by atoms with Crippen molar-refractivity contribution in [3.05, 3.63) is 89.5 Å². The predicted octanol–water partition coefficient (Wildman–Crippen LogP) is 4.70. The molecular weight excluding hydrogens is 420 g/mol. The summed E-state index contributed by atoms with van der Waals surface area (Å²) in [7, 11) is 1.62. The van der Waals surface area contributed by atoms with Gasteiger partial charge in [-0.05, 0) is 66.8 Å². The van der Waals surface area contributed by atoms with Gasteiger partial charge in [-0.2, -0.15) is 0 Å². The molecule has 6 heteroatoms. The zero-order valence-corrected chi connectivity index (χ0v) is 19.2. The summed E-state index contributed by atoms with van der Waals surface area (Å²) in [6.45, 7) is 2.19. The van der Waals surface area contributed by atoms with Gasteiger partial charge in [0.2, 0.25) is 5.91 Å². The number of hydrogen-bond acceptors (Lipinski definition) is 4. The minimum Gasteiger partial charge on any atom is -0.497 e. The molecule has 0 aliphatic carbocycles. The first-order valence-electron chi connectivity index (χ1n) is 10.4. The topological polar surface area (TPSA) is 58.6 Å². The molecule has 32 heavy (non-hydrogen) atoms. The van der Waals surface area contributed by atoms with Crippen LogP contribution < -0.4 is 15.0 Å². The first-order valence-corrected chi connectivity index (χ1v) is 11.7. The maximum absolute atomic E-state index is 13.6. The van der Waals surface area contributed by atoms with Gasteiger partial charge in [0.05, 0.1) is 7.11 Å². The molecule has 3 aromatic rings. The van der Waals surface area contributed by atoms with E-state index in [9.17, 15) is 9.59 Å². The van der Waals surface area contributed by atoms with E-state index in [-0.39, 0.29) is 11.8 Å². The third-order valence-electron chi connectivity index (χ3n) is 5.89. The quantitative estimate of drug-likeness (QED) is 0.558. The largest absolute Gasteiger partial charge is 0.497 e. The Morgan fingerprint density at radius 3 is 2.56 bits per heavy atom. The Labute approximate surface area is 192 Å². The molecule has 0 bridgehead atoms. The summed E-state index contributed by atoms with van der Waals surface area (Å²) < 4.78 is 5.28. The van der Waals surface area contributed by atoms with E-state index in [1.165, 1.54) is 0 Å². The summed E-state index contributed by atoms with van der Waals surface area (Å²) in [6.07, 6.45) is 2.44. The number of carbonyl (C=O) groups excluding carboxylic acids is 2. The summed E-state index contributed by atoms with van der Waals surface area (Å²) in [5, 5.41) is 3.04. The van der Waals surface area contributed by atoms with E-state index in [0.29, 0.717) is 24.2 Å². The van der Waals surface area contributed by atoms with Crippen molar-refractivity contribution < 1.29 is 14.3 Å². The molecule has 5 nitrogen and oxygen atoms in total. The van der Waals surface area contributed by atoms with Crippen molar-refractivity contribution in [2.24, 2.45) is 0 Å². The monoisotopic (exact) mass is 446 g/mol. The van der Waals surface area contributed by atoms with E-state index in [0.717, 1.165) is 21.8 Å². The van der Waals surface area contributed by atoms with Gasteiger partial charge in [-0.1, -0.05) is 30.3 Å². The molecular formula is C26H26N2O3S. The lowest BCUT2D eigenvalue weighted by atomic mass is 9.82. The molecule has 1 atom stereocenters. The standard InChI is InChI=1S/C26H26N2O3S/c1-26(25(30)27-17-18-7-6-9-21(15-18)31-2)16-19-8-4-5-10-23(19)24(29)28(26)20-11-13-22(32-3)14-12-20/h4-15H,16-17H2,1-3H3,(H,27,30)/t26-/m0/s1. The second-order valence-corrected chi connectivity index (χ2v) is 8.86. The zero-order valence-electron chi connectivity index (χ0n) is 18.4. The molecule has 0 saturated carbocycles. The Kier molecular flexibility index (Phi) is 6.24. The number of methoxy groups -OCH3 is 1. The van der Waals surface area contributed by atoms with Crippen molar-refractivity contribution in [3.63, 3.8) is 0 Å². The second-order valence-electron chi connectivity index (χ2n) is 7.98. The van der Waals surface area contributed by atoms with Crippen LogP contribution in [-0.4, -0.2) is 30.7 Å². The fourth-order valence-corrected chi connectivity index (χ4v) is 4.56. The van der Waals surface area contributed by atoms with Crippen molar-refractivity contribution in [3.8, 4) is 5.75 Å². The minimum atomic E-state index is -1.06. The lowest BCUT2D eigenvalue weighted by molar-refractivity contribution is -0.126. The Bertz CT molecular complexity index is 1150. The van der Waals surface area contributed by atoms with Crippen molar-refractivity contribution in [2.45, 2.75) is 30.3 Å². The third kappa shape index (κ3) is 4.10. The van der Waals surface area contributed by atoms with Gasteiger partial charge in [-0.3, -0.25) is 14.5 Å². The van der Waals surface area contributed by atoms with E-state index < -0.39 is 5.54 Å². The maximum atomic E-state index is 13.6. The van der Waals surface area contributed by atoms with Gasteiger partial charge in [-0.15, -0.1) is 11.8 Å². The molecule has 1 aliphatic rings. The second kappa shape index (κ2) is 9.09. The average Bonchev–Trinajstić information content (AvgIpc) is 2.83. The molecule has 3 aromatic carbocycles. The van der Waals surface area contributed by atoms with Crippen LogP contribution in [-0.2, 0) is 17.8 Å². The number of amides is 2. The van der Waals surface area contributed by atoms with Crippen molar-refractivity contribution >= 4 is 29.3 Å². The molecule has 0 saturated heterocycles. The van der Waals surface area contributed by atoms with Gasteiger partial charge in [0.1, 0.15) is 11.3 Å². The highest BCUT2D eigenvalue weighted by atomic mass is 32.2. The number of rotatable bonds is 6. The van der Waals surface area contributed by atoms with Crippen LogP contribution in [0.25, 0.3) is 0 Å². The molecule has 2 amide bonds. The van der Waals surface area contributed by atoms with E-state index in [1.54, 1.807) is 23.8 Å². The third-order valence-corrected chi connectivity index (χ3v) is 6.63. The van der Waals surface area contributed by atoms with Gasteiger partial charge in [0, 0.05) is 29.1 Å². The Balaban J connectivity index is 1.68. The number of thioether (sulfide) groups is 1. The number of hydrogen-bond donors (Lipinski definition) is 1. The lowest BCUT2D eigenvalue weighted by Gasteiger charge is -2.44. The smallest absolute Gasteiger partial charge is 0.259 e. The molecule has 1 aliphatic heterocycles. The van der Waals surface area contributed by atoms with Gasteiger partial charge < -0.3 is 10.1 Å². The van der Waals surface area contributed by atoms with Crippen LogP contribution >= 0.6 is 11.8 Å². The van der Waals surface area contributed by atoms with E-state index in [2.05, 4.69) is 5.32 Å². The van der Waals surface area contributed by atoms with Gasteiger partial charge >= 0.3 is 0 Å². The number of nitrogens with zero attached hydrogens (tertiary/aromatic N) is 1. The van der Waals surface area contributed by atoms with Gasteiger partial charge in [0.25, 0.3) is 5.91 Å². The molecule has 0 fully saturated rings. The first kappa shape index (κ1) is 22.0. The highest BCUT2D eigenvalue weighted by Crippen LogP contribution is 2.36. The molecule has 0 aromatic heterocycles. The van der Waals surface area contributed by atoms with Crippen molar-refractivity contribution in [2.75, 3.05) is 18.3 Å². The Morgan fingerprint density at radius 1 is 1.09 bits per heavy atom. The van der Waals surface area contributed by atoms with Crippen LogP contribution in [0.15, 0.2) is 77.7 Å². The number of fused-ring (bicyclic) bond motifs is 1. The molecule has 4 rings (SSSR count). The highest BCUT2D eigenvalue weighted by Gasteiger charge is 2.47. The Hall–Kier alpha value is -3.25. The lowest BCUT2D eigenvalue weighted by Crippen LogP contribution is -2.63. The number of ether oxygens (including phenoxy) is 1. The van der Waals surface area contributed by atoms with E-state index >= 15 is 0 Å². The normalized spacial score (nSPS) is 17.6. The number of anilines is 1. The van der Waals surface area contributed by atoms with Crippen LogP contribution in [0.2, 0.25) is 0 Å². The summed E-state index contributed by atoms with van der Waals surface area (Å²) in [4.78, 5) is 29.9. The van der Waals surface area contributed by atoms with Crippen LogP contribution in [0.3, 0.4) is 0 Å². The number of benzene rings is 3. The van der Waals surface area contributed by atoms with Gasteiger partial charge in [-0.25, -0.2) is 0 Å². The van der Waals surface area contributed by atoms with Crippen molar-refractivity contribution in [1.82, 2.24) is 5.32 Å². The molecule has 1 heterocycles. The maximum Gasteiger partial charge on any atom is 0.259 e. The molecule has 164 valence electrons. The summed E-state index contributed by atoms with van der Waals surface area (Å²) >= 11 is 1.64. The van der Waals surface area contributed by atoms with Crippen LogP contribution in [0.5, 0.6) is 5.75 Å². The molecule has 0 unspecified atom stereocenters. The van der Waals surface area contributed by atoms with Crippen molar-refractivity contribution in [1.29, 1.82) is 0 Å². The zero-order chi connectivity index (χ0) is 22.7. The van der Waals surface area contributed by atoms with E-state index in [1.807, 2.05) is 86.0 Å². The predicted molar refractivity (Wildman–Crippen MR) is 128 cm³/mol. The summed E-state index contributed by atoms with van der Waals surface area (Å²) in [5.41, 5.74) is 2.10. The molecule has 1 N–H and O–H groups in total. The van der Waals surface area contributed by atoms with E-state index in [4.69, 9.17) is 4.74 Å². The first-order chi connectivity index (χ1) is 15.5. The molecule has 0 spiro atoms. The highest BCUT2D eigenvalue weighted by molar-refractivity contribution is 7.98. The SMILES string of the molecule is COc1cccc(CNC(=O)[C@]2(C)Cc3ccccc3C(=O)N2c2ccc(SC)cc2)c1. The summed E-state index contributed by atoms with van der Waals surface area (Å²) in [6, 6.07) is 22.9. The molecule has 0 radical (unpaired) electrons. The van der Waals surface area contributed by atoms with Gasteiger partial charge in [0.15, 0.2) is 0 Å². The minimum absolute atomic E-state index is 0.164. The Morgan fingerprint density at radius 2 is 1.84 bits per heavy atom. The average molecular weight is 447 g/mol. The summed E-state index contributed by atoms with van der Waals surface area (Å²) in [5.74, 6) is 0.375.